The fraction of sp³-hybridized carbons (Fsp3) is 0.379. The van der Waals surface area contributed by atoms with Gasteiger partial charge in [-0.15, -0.1) is 0 Å². The molecule has 180 valence electrons. The third kappa shape index (κ3) is 6.43. The average molecular weight is 461 g/mol. The Kier molecular flexibility index (Phi) is 8.80. The summed E-state index contributed by atoms with van der Waals surface area (Å²) < 4.78 is 13.5. The number of pyridine rings is 1. The molecule has 1 fully saturated rings. The molecular formula is C29H37FN4. The first-order valence-corrected chi connectivity index (χ1v) is 12.2. The van der Waals surface area contributed by atoms with Crippen molar-refractivity contribution < 1.29 is 4.39 Å². The minimum atomic E-state index is -0.528. The number of nitrogens with zero attached hydrogens (tertiary/aromatic N) is 3. The monoisotopic (exact) mass is 460 g/mol. The van der Waals surface area contributed by atoms with Crippen LogP contribution in [-0.4, -0.2) is 28.8 Å². The Hall–Kier alpha value is -3.21. The van der Waals surface area contributed by atoms with E-state index in [1.54, 1.807) is 6.07 Å². The summed E-state index contributed by atoms with van der Waals surface area (Å²) in [6.45, 7) is 19.2. The lowest BCUT2D eigenvalue weighted by atomic mass is 10.0. The van der Waals surface area contributed by atoms with Crippen molar-refractivity contribution in [3.8, 4) is 0 Å². The molecule has 1 saturated heterocycles. The number of likely N-dealkylation sites (tertiary alicyclic amines) is 1. The largest absolute Gasteiger partial charge is 0.356 e. The van der Waals surface area contributed by atoms with Gasteiger partial charge in [-0.25, -0.2) is 9.98 Å². The van der Waals surface area contributed by atoms with Crippen molar-refractivity contribution in [1.29, 1.82) is 0 Å². The van der Waals surface area contributed by atoms with Crippen molar-refractivity contribution in [2.24, 2.45) is 4.99 Å². The summed E-state index contributed by atoms with van der Waals surface area (Å²) in [4.78, 5) is 11.1. The van der Waals surface area contributed by atoms with Crippen LogP contribution < -0.4 is 5.32 Å². The Morgan fingerprint density at radius 1 is 1.12 bits per heavy atom. The van der Waals surface area contributed by atoms with Crippen LogP contribution in [-0.2, 0) is 0 Å². The molecule has 5 heteroatoms. The number of nitrogens with one attached hydrogen (secondary N) is 1. The van der Waals surface area contributed by atoms with E-state index in [0.29, 0.717) is 11.3 Å². The van der Waals surface area contributed by atoms with E-state index in [0.717, 1.165) is 54.3 Å². The summed E-state index contributed by atoms with van der Waals surface area (Å²) in [6.07, 6.45) is 7.30. The van der Waals surface area contributed by atoms with Crippen LogP contribution in [0.4, 0.5) is 10.1 Å². The Bertz CT molecular complexity index is 1110. The smallest absolute Gasteiger partial charge is 0.213 e. The van der Waals surface area contributed by atoms with Crippen LogP contribution in [0.2, 0.25) is 0 Å². The molecule has 0 aliphatic carbocycles. The Morgan fingerprint density at radius 2 is 1.85 bits per heavy atom. The number of hydrogen-bond acceptors (Lipinski definition) is 3. The fourth-order valence-electron chi connectivity index (χ4n) is 4.29. The maximum atomic E-state index is 13.5. The lowest BCUT2D eigenvalue weighted by molar-refractivity contribution is 0.342. The summed E-state index contributed by atoms with van der Waals surface area (Å²) in [5.41, 5.74) is 7.58. The maximum absolute atomic E-state index is 13.5. The number of anilines is 1. The molecule has 0 spiro atoms. The summed E-state index contributed by atoms with van der Waals surface area (Å²) in [7, 11) is 0. The van der Waals surface area contributed by atoms with Crippen molar-refractivity contribution in [3.05, 3.63) is 83.5 Å². The van der Waals surface area contributed by atoms with Crippen molar-refractivity contribution in [2.45, 2.75) is 59.8 Å². The fourth-order valence-corrected chi connectivity index (χ4v) is 4.29. The Labute approximate surface area is 204 Å². The lowest BCUT2D eigenvalue weighted by Crippen LogP contribution is -2.36. The Balaban J connectivity index is 1.91. The van der Waals surface area contributed by atoms with E-state index < -0.39 is 5.95 Å². The second-order valence-electron chi connectivity index (χ2n) is 9.09. The molecule has 0 bridgehead atoms. The van der Waals surface area contributed by atoms with E-state index in [4.69, 9.17) is 4.99 Å². The Morgan fingerprint density at radius 3 is 2.53 bits per heavy atom. The van der Waals surface area contributed by atoms with E-state index in [9.17, 15) is 4.39 Å². The molecule has 34 heavy (non-hydrogen) atoms. The van der Waals surface area contributed by atoms with Gasteiger partial charge >= 0.3 is 0 Å². The van der Waals surface area contributed by atoms with E-state index >= 15 is 0 Å². The molecule has 0 radical (unpaired) electrons. The first-order chi connectivity index (χ1) is 16.3. The van der Waals surface area contributed by atoms with Crippen molar-refractivity contribution in [3.63, 3.8) is 0 Å². The van der Waals surface area contributed by atoms with Gasteiger partial charge in [-0.2, -0.15) is 4.39 Å². The van der Waals surface area contributed by atoms with Crippen molar-refractivity contribution >= 4 is 22.9 Å². The number of hydrogen-bond donors (Lipinski definition) is 1. The molecule has 0 unspecified atom stereocenters. The topological polar surface area (TPSA) is 40.5 Å². The third-order valence-electron chi connectivity index (χ3n) is 6.42. The second-order valence-corrected chi connectivity index (χ2v) is 9.09. The summed E-state index contributed by atoms with van der Waals surface area (Å²) >= 11 is 0. The molecule has 1 aromatic carbocycles. The highest BCUT2D eigenvalue weighted by Crippen LogP contribution is 2.27. The number of aliphatic imine (C=N–C) groups is 1. The number of benzene rings is 1. The van der Waals surface area contributed by atoms with Gasteiger partial charge in [0.2, 0.25) is 5.95 Å². The number of aryl methyl sites for hydroxylation is 1. The second kappa shape index (κ2) is 11.8. The van der Waals surface area contributed by atoms with E-state index in [1.807, 2.05) is 18.2 Å². The molecule has 0 amide bonds. The zero-order chi connectivity index (χ0) is 24.7. The predicted molar refractivity (Wildman–Crippen MR) is 143 cm³/mol. The number of rotatable bonds is 8. The maximum Gasteiger partial charge on any atom is 0.213 e. The number of amidine groups is 1. The highest BCUT2D eigenvalue weighted by molar-refractivity contribution is 6.01. The zero-order valence-electron chi connectivity index (χ0n) is 21.0. The van der Waals surface area contributed by atoms with E-state index in [2.05, 4.69) is 56.1 Å². The first kappa shape index (κ1) is 25.4. The van der Waals surface area contributed by atoms with Crippen LogP contribution >= 0.6 is 0 Å². The van der Waals surface area contributed by atoms with E-state index in [1.165, 1.54) is 42.7 Å². The van der Waals surface area contributed by atoms with Gasteiger partial charge in [0.25, 0.3) is 0 Å². The third-order valence-corrected chi connectivity index (χ3v) is 6.42. The standard InChI is InChI=1S/C29H37FN4/c1-7-11-20(2)22(4)29(34-16-9-8-10-17-34)33-24(6)27-19-26(13-12-21(27)3)32-23(5)25-14-15-31-28(30)18-25/h12-15,18-19,32H,5-11,16-17H2,1-4H3/b22-20+,33-29?. The lowest BCUT2D eigenvalue weighted by Gasteiger charge is -2.31. The number of allylic oxidation sites excluding steroid dienone is 1. The minimum Gasteiger partial charge on any atom is -0.356 e. The van der Waals surface area contributed by atoms with Gasteiger partial charge in [0.15, 0.2) is 0 Å². The quantitative estimate of drug-likeness (QED) is 0.250. The van der Waals surface area contributed by atoms with Crippen LogP contribution in [0.3, 0.4) is 0 Å². The van der Waals surface area contributed by atoms with Gasteiger partial charge in [0.05, 0.1) is 5.70 Å². The van der Waals surface area contributed by atoms with Gasteiger partial charge in [0.1, 0.15) is 5.84 Å². The van der Waals surface area contributed by atoms with Crippen molar-refractivity contribution in [2.75, 3.05) is 18.4 Å². The molecular weight excluding hydrogens is 423 g/mol. The van der Waals surface area contributed by atoms with Crippen molar-refractivity contribution in [1.82, 2.24) is 9.88 Å². The molecule has 2 aromatic rings. The molecule has 2 heterocycles. The first-order valence-electron chi connectivity index (χ1n) is 12.2. The number of piperidine rings is 1. The van der Waals surface area contributed by atoms with Crippen LogP contribution in [0.25, 0.3) is 11.4 Å². The molecule has 1 N–H and O–H groups in total. The van der Waals surface area contributed by atoms with Gasteiger partial charge in [-0.3, -0.25) is 0 Å². The molecule has 4 nitrogen and oxygen atoms in total. The number of halogens is 1. The SMILES string of the molecule is C=C(Nc1ccc(C)c(C(=C)N=C(/C(C)=C(\C)CCC)N2CCCCC2)c1)c1ccnc(F)c1. The zero-order valence-corrected chi connectivity index (χ0v) is 21.0. The van der Waals surface area contributed by atoms with Gasteiger partial charge in [-0.05, 0) is 75.8 Å². The molecule has 1 aromatic heterocycles. The molecule has 1 aliphatic heterocycles. The molecule has 0 atom stereocenters. The normalized spacial score (nSPS) is 15.1. The molecule has 3 rings (SSSR count). The predicted octanol–water partition coefficient (Wildman–Crippen LogP) is 7.60. The van der Waals surface area contributed by atoms with Crippen LogP contribution in [0.5, 0.6) is 0 Å². The summed E-state index contributed by atoms with van der Waals surface area (Å²) in [5, 5.41) is 3.28. The van der Waals surface area contributed by atoms with Crippen LogP contribution in [0, 0.1) is 12.9 Å². The highest BCUT2D eigenvalue weighted by atomic mass is 19.1. The minimum absolute atomic E-state index is 0.528. The average Bonchev–Trinajstić information content (AvgIpc) is 2.83. The molecule has 0 saturated carbocycles. The highest BCUT2D eigenvalue weighted by Gasteiger charge is 2.19. The van der Waals surface area contributed by atoms with Gasteiger partial charge in [0, 0.05) is 47.9 Å². The molecule has 1 aliphatic rings. The van der Waals surface area contributed by atoms with Gasteiger partial charge < -0.3 is 10.2 Å². The summed E-state index contributed by atoms with van der Waals surface area (Å²) in [6, 6.07) is 9.17. The van der Waals surface area contributed by atoms with E-state index in [-0.39, 0.29) is 0 Å². The number of aromatic nitrogens is 1. The summed E-state index contributed by atoms with van der Waals surface area (Å²) in [5.74, 6) is 0.518. The van der Waals surface area contributed by atoms with Crippen LogP contribution in [0.1, 0.15) is 69.6 Å². The van der Waals surface area contributed by atoms with Crippen LogP contribution in [0.15, 0.2) is 65.8 Å². The van der Waals surface area contributed by atoms with Gasteiger partial charge in [-0.1, -0.05) is 38.1 Å².